The first-order chi connectivity index (χ1) is 13.9. The summed E-state index contributed by atoms with van der Waals surface area (Å²) in [7, 11) is 0. The van der Waals surface area contributed by atoms with Gasteiger partial charge in [-0.2, -0.15) is 9.78 Å². The first-order valence-electron chi connectivity index (χ1n) is 10.4. The molecule has 0 spiro atoms. The van der Waals surface area contributed by atoms with Crippen LogP contribution in [-0.4, -0.2) is 26.8 Å². The van der Waals surface area contributed by atoms with Crippen LogP contribution in [0.25, 0.3) is 16.7 Å². The molecule has 2 aromatic heterocycles. The molecule has 0 unspecified atom stereocenters. The molecule has 6 nitrogen and oxygen atoms in total. The maximum absolute atomic E-state index is 12.6. The minimum absolute atomic E-state index is 0.178. The lowest BCUT2D eigenvalue weighted by molar-refractivity contribution is 0.244. The second kappa shape index (κ2) is 7.85. The number of aryl methyl sites for hydroxylation is 4. The van der Waals surface area contributed by atoms with Gasteiger partial charge in [-0.15, -0.1) is 0 Å². The number of urea groups is 1. The molecule has 2 N–H and O–H groups in total. The van der Waals surface area contributed by atoms with E-state index in [1.165, 1.54) is 24.8 Å². The number of anilines is 1. The highest BCUT2D eigenvalue weighted by atomic mass is 16.2. The van der Waals surface area contributed by atoms with Gasteiger partial charge in [0, 0.05) is 17.5 Å². The number of nitrogens with one attached hydrogen (secondary N) is 2. The molecule has 1 saturated carbocycles. The van der Waals surface area contributed by atoms with Crippen molar-refractivity contribution in [3.63, 3.8) is 0 Å². The van der Waals surface area contributed by atoms with Crippen LogP contribution in [0.3, 0.4) is 0 Å². The molecule has 1 fully saturated rings. The number of hydrogen-bond donors (Lipinski definition) is 2. The molecule has 29 heavy (non-hydrogen) atoms. The van der Waals surface area contributed by atoms with Crippen LogP contribution >= 0.6 is 0 Å². The Kier molecular flexibility index (Phi) is 5.26. The fraction of sp³-hybridized carbons (Fsp3) is 0.435. The Hall–Kier alpha value is -2.89. The van der Waals surface area contributed by atoms with Crippen molar-refractivity contribution in [1.29, 1.82) is 0 Å². The van der Waals surface area contributed by atoms with Gasteiger partial charge in [-0.3, -0.25) is 5.32 Å². The number of amides is 2. The molecule has 4 rings (SSSR count). The zero-order chi connectivity index (χ0) is 20.5. The van der Waals surface area contributed by atoms with Gasteiger partial charge in [0.05, 0.1) is 11.2 Å². The van der Waals surface area contributed by atoms with Crippen molar-refractivity contribution in [1.82, 2.24) is 20.1 Å². The second-order valence-electron chi connectivity index (χ2n) is 8.29. The van der Waals surface area contributed by atoms with Gasteiger partial charge in [0.15, 0.2) is 5.82 Å². The Morgan fingerprint density at radius 3 is 2.52 bits per heavy atom. The third kappa shape index (κ3) is 4.11. The predicted octanol–water partition coefficient (Wildman–Crippen LogP) is 5.11. The highest BCUT2D eigenvalue weighted by molar-refractivity contribution is 5.89. The quantitative estimate of drug-likeness (QED) is 0.652. The van der Waals surface area contributed by atoms with Crippen molar-refractivity contribution in [2.75, 3.05) is 5.32 Å². The van der Waals surface area contributed by atoms with Crippen molar-refractivity contribution >= 4 is 22.8 Å². The molecule has 1 aromatic carbocycles. The molecule has 1 aliphatic carbocycles. The van der Waals surface area contributed by atoms with Crippen molar-refractivity contribution in [3.05, 3.63) is 46.6 Å². The maximum Gasteiger partial charge on any atom is 0.320 e. The molecule has 0 aliphatic heterocycles. The van der Waals surface area contributed by atoms with Gasteiger partial charge in [-0.25, -0.2) is 9.78 Å². The third-order valence-electron chi connectivity index (χ3n) is 5.67. The molecule has 3 aromatic rings. The lowest BCUT2D eigenvalue weighted by Gasteiger charge is -2.22. The molecular formula is C23H29N5O. The van der Waals surface area contributed by atoms with Crippen LogP contribution in [0.15, 0.2) is 24.3 Å². The van der Waals surface area contributed by atoms with E-state index in [4.69, 9.17) is 4.98 Å². The van der Waals surface area contributed by atoms with Crippen LogP contribution in [0.4, 0.5) is 10.6 Å². The fourth-order valence-electron chi connectivity index (χ4n) is 4.28. The van der Waals surface area contributed by atoms with E-state index in [2.05, 4.69) is 48.6 Å². The lowest BCUT2D eigenvalue weighted by Crippen LogP contribution is -2.39. The highest BCUT2D eigenvalue weighted by Crippen LogP contribution is 2.26. The largest absolute Gasteiger partial charge is 0.335 e. The van der Waals surface area contributed by atoms with Crippen molar-refractivity contribution < 1.29 is 4.79 Å². The van der Waals surface area contributed by atoms with Crippen LogP contribution in [0.2, 0.25) is 0 Å². The van der Waals surface area contributed by atoms with E-state index in [0.717, 1.165) is 40.6 Å². The van der Waals surface area contributed by atoms with E-state index in [1.54, 1.807) is 4.68 Å². The SMILES string of the molecule is Cc1cc(C)c2nc(-n3nc(C)cc3NC(=O)NC3CCCCC3)cc(C)c2c1. The molecule has 2 amide bonds. The van der Waals surface area contributed by atoms with Crippen LogP contribution in [0, 0.1) is 27.7 Å². The Labute approximate surface area is 171 Å². The lowest BCUT2D eigenvalue weighted by atomic mass is 9.96. The molecule has 1 aliphatic rings. The molecule has 6 heteroatoms. The minimum Gasteiger partial charge on any atom is -0.335 e. The van der Waals surface area contributed by atoms with Crippen molar-refractivity contribution in [2.24, 2.45) is 0 Å². The molecule has 0 atom stereocenters. The number of carbonyl (C=O) groups excluding carboxylic acids is 1. The van der Waals surface area contributed by atoms with Gasteiger partial charge in [-0.1, -0.05) is 30.9 Å². The normalized spacial score (nSPS) is 14.9. The van der Waals surface area contributed by atoms with Crippen LogP contribution in [0.1, 0.15) is 54.5 Å². The van der Waals surface area contributed by atoms with E-state index in [1.807, 2.05) is 19.1 Å². The average Bonchev–Trinajstić information content (AvgIpc) is 3.03. The summed E-state index contributed by atoms with van der Waals surface area (Å²) in [5, 5.41) is 11.8. The van der Waals surface area contributed by atoms with E-state index < -0.39 is 0 Å². The Morgan fingerprint density at radius 1 is 1.00 bits per heavy atom. The zero-order valence-corrected chi connectivity index (χ0v) is 17.7. The molecular weight excluding hydrogens is 362 g/mol. The summed E-state index contributed by atoms with van der Waals surface area (Å²) in [5.41, 5.74) is 5.31. The predicted molar refractivity (Wildman–Crippen MR) is 117 cm³/mol. The van der Waals surface area contributed by atoms with Crippen molar-refractivity contribution in [2.45, 2.75) is 65.8 Å². The van der Waals surface area contributed by atoms with E-state index in [-0.39, 0.29) is 12.1 Å². The summed E-state index contributed by atoms with van der Waals surface area (Å²) in [4.78, 5) is 17.4. The van der Waals surface area contributed by atoms with Gasteiger partial charge in [0.25, 0.3) is 0 Å². The number of nitrogens with zero attached hydrogens (tertiary/aromatic N) is 3. The molecule has 152 valence electrons. The second-order valence-corrected chi connectivity index (χ2v) is 8.29. The fourth-order valence-corrected chi connectivity index (χ4v) is 4.28. The Bertz CT molecular complexity index is 1060. The number of hydrogen-bond acceptors (Lipinski definition) is 3. The summed E-state index contributed by atoms with van der Waals surface area (Å²) >= 11 is 0. The average molecular weight is 392 g/mol. The maximum atomic E-state index is 12.6. The summed E-state index contributed by atoms with van der Waals surface area (Å²) in [5.74, 6) is 1.34. The minimum atomic E-state index is -0.178. The van der Waals surface area contributed by atoms with E-state index in [0.29, 0.717) is 11.6 Å². The van der Waals surface area contributed by atoms with Gasteiger partial charge < -0.3 is 5.32 Å². The van der Waals surface area contributed by atoms with Gasteiger partial charge in [-0.05, 0) is 63.8 Å². The highest BCUT2D eigenvalue weighted by Gasteiger charge is 2.18. The molecule has 2 heterocycles. The molecule has 0 saturated heterocycles. The summed E-state index contributed by atoms with van der Waals surface area (Å²) < 4.78 is 1.72. The third-order valence-corrected chi connectivity index (χ3v) is 5.67. The molecule has 0 radical (unpaired) electrons. The van der Waals surface area contributed by atoms with Gasteiger partial charge >= 0.3 is 6.03 Å². The number of fused-ring (bicyclic) bond motifs is 1. The summed E-state index contributed by atoms with van der Waals surface area (Å²) in [6, 6.07) is 8.29. The standard InChI is InChI=1S/C23H29N5O/c1-14-10-16(3)22-19(11-14)15(2)12-20(25-22)28-21(13-17(4)27-28)26-23(29)24-18-8-6-5-7-9-18/h10-13,18H,5-9H2,1-4H3,(H2,24,26,29). The topological polar surface area (TPSA) is 71.8 Å². The first kappa shape index (κ1) is 19.4. The Balaban J connectivity index is 1.65. The number of pyridine rings is 1. The van der Waals surface area contributed by atoms with Crippen molar-refractivity contribution in [3.8, 4) is 5.82 Å². The van der Waals surface area contributed by atoms with E-state index in [9.17, 15) is 4.79 Å². The zero-order valence-electron chi connectivity index (χ0n) is 17.7. The van der Waals surface area contributed by atoms with Gasteiger partial charge in [0.2, 0.25) is 0 Å². The number of rotatable bonds is 3. The first-order valence-corrected chi connectivity index (χ1v) is 10.4. The van der Waals surface area contributed by atoms with Gasteiger partial charge in [0.1, 0.15) is 5.82 Å². The Morgan fingerprint density at radius 2 is 1.76 bits per heavy atom. The number of aromatic nitrogens is 3. The van der Waals surface area contributed by atoms with E-state index >= 15 is 0 Å². The summed E-state index contributed by atoms with van der Waals surface area (Å²) in [6.07, 6.45) is 5.73. The number of benzene rings is 1. The molecule has 0 bridgehead atoms. The smallest absolute Gasteiger partial charge is 0.320 e. The van der Waals surface area contributed by atoms with Crippen LogP contribution < -0.4 is 10.6 Å². The van der Waals surface area contributed by atoms with Crippen LogP contribution in [-0.2, 0) is 0 Å². The number of carbonyl (C=O) groups is 1. The summed E-state index contributed by atoms with van der Waals surface area (Å²) in [6.45, 7) is 8.19. The van der Waals surface area contributed by atoms with Crippen LogP contribution in [0.5, 0.6) is 0 Å². The monoisotopic (exact) mass is 391 g/mol.